The lowest BCUT2D eigenvalue weighted by atomic mass is 10.2. The van der Waals surface area contributed by atoms with Crippen molar-refractivity contribution in [3.05, 3.63) is 64.2 Å². The zero-order valence-electron chi connectivity index (χ0n) is 13.9. The monoisotopic (exact) mass is 362 g/mol. The molecule has 2 aromatic carbocycles. The van der Waals surface area contributed by atoms with Gasteiger partial charge in [0.2, 0.25) is 9.84 Å². The molecule has 1 amide bonds. The van der Waals surface area contributed by atoms with Gasteiger partial charge in [0.15, 0.2) is 0 Å². The van der Waals surface area contributed by atoms with Crippen LogP contribution in [0.3, 0.4) is 0 Å². The Morgan fingerprint density at radius 2 is 1.40 bits per heavy atom. The van der Waals surface area contributed by atoms with E-state index in [9.17, 15) is 23.3 Å². The van der Waals surface area contributed by atoms with E-state index in [1.54, 1.807) is 4.90 Å². The molecule has 0 spiro atoms. The SMILES string of the molecule is CCN(CC)C(=O)c1ccc(S(=O)(=O)c2ccc([N+](=O)[O-])cc2)cc1. The molecule has 0 aliphatic carbocycles. The molecule has 0 N–H and O–H groups in total. The molecule has 2 aromatic rings. The minimum Gasteiger partial charge on any atom is -0.339 e. The van der Waals surface area contributed by atoms with Crippen molar-refractivity contribution in [2.75, 3.05) is 13.1 Å². The number of rotatable bonds is 6. The van der Waals surface area contributed by atoms with E-state index in [2.05, 4.69) is 0 Å². The molecule has 0 aromatic heterocycles. The first-order chi connectivity index (χ1) is 11.8. The predicted molar refractivity (Wildman–Crippen MR) is 92.2 cm³/mol. The number of nitro benzene ring substituents is 1. The van der Waals surface area contributed by atoms with Gasteiger partial charge in [0.25, 0.3) is 11.6 Å². The van der Waals surface area contributed by atoms with Crippen LogP contribution in [0, 0.1) is 10.1 Å². The van der Waals surface area contributed by atoms with Gasteiger partial charge in [-0.15, -0.1) is 0 Å². The highest BCUT2D eigenvalue weighted by Crippen LogP contribution is 2.23. The first-order valence-electron chi connectivity index (χ1n) is 7.70. The lowest BCUT2D eigenvalue weighted by Crippen LogP contribution is -2.30. The average Bonchev–Trinajstić information content (AvgIpc) is 2.62. The summed E-state index contributed by atoms with van der Waals surface area (Å²) in [6.45, 7) is 4.87. The molecule has 0 atom stereocenters. The van der Waals surface area contributed by atoms with Gasteiger partial charge in [0, 0.05) is 30.8 Å². The second-order valence-corrected chi connectivity index (χ2v) is 7.21. The van der Waals surface area contributed by atoms with Crippen LogP contribution in [-0.4, -0.2) is 37.2 Å². The summed E-state index contributed by atoms with van der Waals surface area (Å²) in [5.41, 5.74) is 0.227. The van der Waals surface area contributed by atoms with Crippen molar-refractivity contribution in [2.24, 2.45) is 0 Å². The van der Waals surface area contributed by atoms with Crippen molar-refractivity contribution < 1.29 is 18.1 Å². The molecule has 0 fully saturated rings. The van der Waals surface area contributed by atoms with Gasteiger partial charge in [-0.05, 0) is 50.2 Å². The molecule has 2 rings (SSSR count). The quantitative estimate of drug-likeness (QED) is 0.581. The van der Waals surface area contributed by atoms with Gasteiger partial charge in [-0.3, -0.25) is 14.9 Å². The molecule has 0 aliphatic rings. The molecule has 0 bridgehead atoms. The van der Waals surface area contributed by atoms with E-state index in [1.165, 1.54) is 36.4 Å². The maximum absolute atomic E-state index is 12.6. The lowest BCUT2D eigenvalue weighted by molar-refractivity contribution is -0.384. The van der Waals surface area contributed by atoms with Crippen LogP contribution in [0.1, 0.15) is 24.2 Å². The highest BCUT2D eigenvalue weighted by Gasteiger charge is 2.20. The smallest absolute Gasteiger partial charge is 0.269 e. The van der Waals surface area contributed by atoms with Crippen LogP contribution in [0.5, 0.6) is 0 Å². The van der Waals surface area contributed by atoms with Crippen molar-refractivity contribution >= 4 is 21.4 Å². The van der Waals surface area contributed by atoms with Crippen molar-refractivity contribution in [1.29, 1.82) is 0 Å². The Labute approximate surface area is 146 Å². The normalized spacial score (nSPS) is 11.1. The third-order valence-electron chi connectivity index (χ3n) is 3.82. The second kappa shape index (κ2) is 7.43. The molecule has 0 radical (unpaired) electrons. The average molecular weight is 362 g/mol. The minimum atomic E-state index is -3.80. The molecule has 0 aliphatic heterocycles. The number of amides is 1. The van der Waals surface area contributed by atoms with E-state index >= 15 is 0 Å². The zero-order valence-corrected chi connectivity index (χ0v) is 14.7. The molecule has 0 saturated carbocycles. The van der Waals surface area contributed by atoms with E-state index in [0.29, 0.717) is 18.7 Å². The van der Waals surface area contributed by atoms with Crippen molar-refractivity contribution in [1.82, 2.24) is 4.90 Å². The molecule has 7 nitrogen and oxygen atoms in total. The van der Waals surface area contributed by atoms with E-state index in [0.717, 1.165) is 12.1 Å². The maximum Gasteiger partial charge on any atom is 0.269 e. The zero-order chi connectivity index (χ0) is 18.6. The van der Waals surface area contributed by atoms with Crippen LogP contribution in [-0.2, 0) is 9.84 Å². The minimum absolute atomic E-state index is 0.0254. The molecule has 0 heterocycles. The Kier molecular flexibility index (Phi) is 5.53. The van der Waals surface area contributed by atoms with Crippen molar-refractivity contribution in [2.45, 2.75) is 23.6 Å². The van der Waals surface area contributed by atoms with Crippen LogP contribution in [0.25, 0.3) is 0 Å². The fourth-order valence-electron chi connectivity index (χ4n) is 2.35. The topological polar surface area (TPSA) is 97.6 Å². The van der Waals surface area contributed by atoms with Gasteiger partial charge >= 0.3 is 0 Å². The summed E-state index contributed by atoms with van der Waals surface area (Å²) >= 11 is 0. The van der Waals surface area contributed by atoms with Crippen LogP contribution >= 0.6 is 0 Å². The summed E-state index contributed by atoms with van der Waals surface area (Å²) in [4.78, 5) is 23.9. The van der Waals surface area contributed by atoms with Gasteiger partial charge in [-0.1, -0.05) is 0 Å². The Morgan fingerprint density at radius 3 is 1.80 bits per heavy atom. The number of carbonyl (C=O) groups excluding carboxylic acids is 1. The molecule has 0 saturated heterocycles. The van der Waals surface area contributed by atoms with Crippen molar-refractivity contribution in [3.63, 3.8) is 0 Å². The number of non-ortho nitro benzene ring substituents is 1. The van der Waals surface area contributed by atoms with Crippen molar-refractivity contribution in [3.8, 4) is 0 Å². The predicted octanol–water partition coefficient (Wildman–Crippen LogP) is 2.91. The number of nitrogens with zero attached hydrogens (tertiary/aromatic N) is 2. The second-order valence-electron chi connectivity index (χ2n) is 5.26. The molecular formula is C17H18N2O5S. The van der Waals surface area contributed by atoms with Gasteiger partial charge in [-0.25, -0.2) is 8.42 Å². The van der Waals surface area contributed by atoms with E-state index in [4.69, 9.17) is 0 Å². The summed E-state index contributed by atoms with van der Waals surface area (Å²) in [5, 5.41) is 10.7. The molecule has 0 unspecified atom stereocenters. The summed E-state index contributed by atoms with van der Waals surface area (Å²) in [6.07, 6.45) is 0. The van der Waals surface area contributed by atoms with Crippen LogP contribution in [0.15, 0.2) is 58.3 Å². The first-order valence-corrected chi connectivity index (χ1v) is 9.18. The number of hydrogen-bond donors (Lipinski definition) is 0. The molecule has 132 valence electrons. The van der Waals surface area contributed by atoms with Gasteiger partial charge in [0.05, 0.1) is 14.7 Å². The van der Waals surface area contributed by atoms with Crippen LogP contribution < -0.4 is 0 Å². The fraction of sp³-hybridized carbons (Fsp3) is 0.235. The molecule has 8 heteroatoms. The van der Waals surface area contributed by atoms with Crippen LogP contribution in [0.2, 0.25) is 0 Å². The third-order valence-corrected chi connectivity index (χ3v) is 5.61. The Morgan fingerprint density at radius 1 is 0.960 bits per heavy atom. The lowest BCUT2D eigenvalue weighted by Gasteiger charge is -2.18. The molecule has 25 heavy (non-hydrogen) atoms. The summed E-state index contributed by atoms with van der Waals surface area (Å²) < 4.78 is 25.2. The summed E-state index contributed by atoms with van der Waals surface area (Å²) in [6, 6.07) is 10.4. The van der Waals surface area contributed by atoms with E-state index < -0.39 is 14.8 Å². The Hall–Kier alpha value is -2.74. The highest BCUT2D eigenvalue weighted by molar-refractivity contribution is 7.91. The molecular weight excluding hydrogens is 344 g/mol. The number of nitro groups is 1. The number of carbonyl (C=O) groups is 1. The van der Waals surface area contributed by atoms with Gasteiger partial charge in [0.1, 0.15) is 0 Å². The van der Waals surface area contributed by atoms with Gasteiger partial charge in [-0.2, -0.15) is 0 Å². The van der Waals surface area contributed by atoms with Gasteiger partial charge < -0.3 is 4.90 Å². The fourth-order valence-corrected chi connectivity index (χ4v) is 3.61. The number of benzene rings is 2. The van der Waals surface area contributed by atoms with E-state index in [-0.39, 0.29) is 21.4 Å². The highest BCUT2D eigenvalue weighted by atomic mass is 32.2. The maximum atomic E-state index is 12.6. The largest absolute Gasteiger partial charge is 0.339 e. The summed E-state index contributed by atoms with van der Waals surface area (Å²) in [7, 11) is -3.80. The number of sulfone groups is 1. The Balaban J connectivity index is 2.31. The van der Waals surface area contributed by atoms with Crippen LogP contribution in [0.4, 0.5) is 5.69 Å². The first kappa shape index (κ1) is 18.6. The standard InChI is InChI=1S/C17H18N2O5S/c1-3-18(4-2)17(20)13-5-9-15(10-6-13)25(23,24)16-11-7-14(8-12-16)19(21)22/h5-12H,3-4H2,1-2H3. The third kappa shape index (κ3) is 3.85. The van der Waals surface area contributed by atoms with E-state index in [1.807, 2.05) is 13.8 Å². The number of hydrogen-bond acceptors (Lipinski definition) is 5. The Bertz CT molecular complexity index is 870. The summed E-state index contributed by atoms with van der Waals surface area (Å²) in [5.74, 6) is -0.163.